The van der Waals surface area contributed by atoms with E-state index in [0.29, 0.717) is 17.0 Å². The molecule has 0 fully saturated rings. The number of carbonyl (C=O) groups is 2. The Bertz CT molecular complexity index is 1240. The number of hydrogen-bond acceptors (Lipinski definition) is 5. The monoisotopic (exact) mass is 509 g/mol. The molecule has 0 aliphatic heterocycles. The van der Waals surface area contributed by atoms with Gasteiger partial charge in [0.05, 0.1) is 17.6 Å². The molecule has 0 atom stereocenters. The molecule has 0 aromatic heterocycles. The molecule has 0 saturated carbocycles. The van der Waals surface area contributed by atoms with E-state index in [2.05, 4.69) is 26.6 Å². The first-order valence-electron chi connectivity index (χ1n) is 9.76. The zero-order valence-corrected chi connectivity index (χ0v) is 19.4. The van der Waals surface area contributed by atoms with Gasteiger partial charge < -0.3 is 15.4 Å². The number of nitrogens with zero attached hydrogens (tertiary/aromatic N) is 1. The number of benzene rings is 3. The molecule has 3 aromatic carbocycles. The van der Waals surface area contributed by atoms with Crippen molar-refractivity contribution in [2.45, 2.75) is 6.92 Å². The lowest BCUT2D eigenvalue weighted by Crippen LogP contribution is -2.31. The highest BCUT2D eigenvalue weighted by Crippen LogP contribution is 2.22. The van der Waals surface area contributed by atoms with E-state index in [0.717, 1.165) is 10.0 Å². The van der Waals surface area contributed by atoms with Crippen LogP contribution in [0, 0.1) is 17.0 Å². The van der Waals surface area contributed by atoms with E-state index in [-0.39, 0.29) is 16.9 Å². The lowest BCUT2D eigenvalue weighted by atomic mass is 10.1. The first kappa shape index (κ1) is 23.7. The third-order valence-corrected chi connectivity index (χ3v) is 5.56. The van der Waals surface area contributed by atoms with Crippen LogP contribution in [0.5, 0.6) is 5.75 Å². The van der Waals surface area contributed by atoms with Crippen LogP contribution in [0.25, 0.3) is 6.08 Å². The zero-order valence-electron chi connectivity index (χ0n) is 17.8. The molecule has 0 unspecified atom stereocenters. The molecule has 168 valence electrons. The fraction of sp³-hybridized carbons (Fsp3) is 0.0833. The summed E-state index contributed by atoms with van der Waals surface area (Å²) in [7, 11) is 1.45. The molecule has 0 aliphatic carbocycles. The van der Waals surface area contributed by atoms with Gasteiger partial charge in [0, 0.05) is 22.3 Å². The van der Waals surface area contributed by atoms with Crippen molar-refractivity contribution in [3.05, 3.63) is 104 Å². The third kappa shape index (κ3) is 6.05. The molecule has 0 spiro atoms. The largest absolute Gasteiger partial charge is 0.496 e. The Hall–Kier alpha value is -3.98. The summed E-state index contributed by atoms with van der Waals surface area (Å²) in [5.41, 5.74) is 2.09. The van der Waals surface area contributed by atoms with Gasteiger partial charge in [-0.1, -0.05) is 28.1 Å². The number of aryl methyl sites for hydroxylation is 1. The molecule has 0 aliphatic rings. The van der Waals surface area contributed by atoms with Crippen LogP contribution in [0.3, 0.4) is 0 Å². The summed E-state index contributed by atoms with van der Waals surface area (Å²) in [5.74, 6) is -0.741. The van der Waals surface area contributed by atoms with E-state index in [4.69, 9.17) is 4.74 Å². The van der Waals surface area contributed by atoms with Crippen molar-refractivity contribution in [1.29, 1.82) is 0 Å². The summed E-state index contributed by atoms with van der Waals surface area (Å²) in [6.07, 6.45) is 1.44. The predicted molar refractivity (Wildman–Crippen MR) is 129 cm³/mol. The standard InChI is InChI=1S/C24H20BrN3O5/c1-15-13-17(9-12-20(15)25)26-24(30)21(14-16-7-10-18(11-8-16)28(31)32)27-23(29)19-5-3-4-6-22(19)33-2/h3-14H,1-2H3,(H,26,30)(H,27,29)/b21-14-. The van der Waals surface area contributed by atoms with Crippen molar-refractivity contribution in [2.24, 2.45) is 0 Å². The zero-order chi connectivity index (χ0) is 24.0. The summed E-state index contributed by atoms with van der Waals surface area (Å²) in [5, 5.41) is 16.3. The lowest BCUT2D eigenvalue weighted by molar-refractivity contribution is -0.384. The molecule has 8 nitrogen and oxygen atoms in total. The van der Waals surface area contributed by atoms with Gasteiger partial charge >= 0.3 is 0 Å². The van der Waals surface area contributed by atoms with Crippen molar-refractivity contribution < 1.29 is 19.2 Å². The van der Waals surface area contributed by atoms with E-state index in [9.17, 15) is 19.7 Å². The number of halogens is 1. The first-order valence-corrected chi connectivity index (χ1v) is 10.6. The van der Waals surface area contributed by atoms with Crippen molar-refractivity contribution in [1.82, 2.24) is 5.32 Å². The fourth-order valence-electron chi connectivity index (χ4n) is 2.96. The Morgan fingerprint density at radius 1 is 1.06 bits per heavy atom. The number of nitro groups is 1. The summed E-state index contributed by atoms with van der Waals surface area (Å²) < 4.78 is 6.13. The molecular weight excluding hydrogens is 490 g/mol. The highest BCUT2D eigenvalue weighted by molar-refractivity contribution is 9.10. The van der Waals surface area contributed by atoms with Crippen LogP contribution in [-0.2, 0) is 4.79 Å². The van der Waals surface area contributed by atoms with E-state index in [1.54, 1.807) is 42.5 Å². The number of non-ortho nitro benzene ring substituents is 1. The second-order valence-electron chi connectivity index (χ2n) is 6.98. The minimum Gasteiger partial charge on any atom is -0.496 e. The topological polar surface area (TPSA) is 111 Å². The van der Waals surface area contributed by atoms with Crippen molar-refractivity contribution in [3.63, 3.8) is 0 Å². The third-order valence-electron chi connectivity index (χ3n) is 4.68. The van der Waals surface area contributed by atoms with Gasteiger partial charge in [-0.2, -0.15) is 0 Å². The Morgan fingerprint density at radius 2 is 1.76 bits per heavy atom. The van der Waals surface area contributed by atoms with Gasteiger partial charge in [-0.25, -0.2) is 0 Å². The average molecular weight is 510 g/mol. The summed E-state index contributed by atoms with van der Waals surface area (Å²) in [6, 6.07) is 17.6. The molecule has 3 rings (SSSR count). The number of nitro benzene ring substituents is 1. The highest BCUT2D eigenvalue weighted by atomic mass is 79.9. The van der Waals surface area contributed by atoms with Gasteiger partial charge in [0.2, 0.25) is 0 Å². The highest BCUT2D eigenvalue weighted by Gasteiger charge is 2.18. The SMILES string of the molecule is COc1ccccc1C(=O)N/C(=C\c1ccc([N+](=O)[O-])cc1)C(=O)Nc1ccc(Br)c(C)c1. The van der Waals surface area contributed by atoms with Crippen LogP contribution < -0.4 is 15.4 Å². The fourth-order valence-corrected chi connectivity index (χ4v) is 3.21. The Balaban J connectivity index is 1.94. The van der Waals surface area contributed by atoms with Crippen molar-refractivity contribution >= 4 is 45.2 Å². The number of para-hydroxylation sites is 1. The molecule has 0 heterocycles. The van der Waals surface area contributed by atoms with Gasteiger partial charge in [0.25, 0.3) is 17.5 Å². The van der Waals surface area contributed by atoms with Gasteiger partial charge in [-0.15, -0.1) is 0 Å². The molecule has 33 heavy (non-hydrogen) atoms. The number of nitrogens with one attached hydrogen (secondary N) is 2. The number of rotatable bonds is 7. The van der Waals surface area contributed by atoms with E-state index in [1.807, 2.05) is 6.92 Å². The van der Waals surface area contributed by atoms with Crippen LogP contribution in [0.1, 0.15) is 21.5 Å². The van der Waals surface area contributed by atoms with E-state index < -0.39 is 16.7 Å². The molecule has 2 N–H and O–H groups in total. The van der Waals surface area contributed by atoms with E-state index in [1.165, 1.54) is 37.5 Å². The van der Waals surface area contributed by atoms with E-state index >= 15 is 0 Å². The Morgan fingerprint density at radius 3 is 2.39 bits per heavy atom. The Labute approximate surface area is 198 Å². The molecule has 3 aromatic rings. The second-order valence-corrected chi connectivity index (χ2v) is 7.83. The molecule has 2 amide bonds. The van der Waals surface area contributed by atoms with Crippen LogP contribution >= 0.6 is 15.9 Å². The first-order chi connectivity index (χ1) is 15.8. The van der Waals surface area contributed by atoms with Gasteiger partial charge in [-0.05, 0) is 66.6 Å². The van der Waals surface area contributed by atoms with Crippen molar-refractivity contribution in [3.8, 4) is 5.75 Å². The molecule has 0 radical (unpaired) electrons. The van der Waals surface area contributed by atoms with Gasteiger partial charge in [0.1, 0.15) is 11.4 Å². The number of carbonyl (C=O) groups excluding carboxylic acids is 2. The van der Waals surface area contributed by atoms with Crippen LogP contribution in [0.15, 0.2) is 76.9 Å². The smallest absolute Gasteiger partial charge is 0.272 e. The normalized spacial score (nSPS) is 10.9. The van der Waals surface area contributed by atoms with Crippen LogP contribution in [0.4, 0.5) is 11.4 Å². The van der Waals surface area contributed by atoms with Crippen molar-refractivity contribution in [2.75, 3.05) is 12.4 Å². The van der Waals surface area contributed by atoms with Crippen LogP contribution in [-0.4, -0.2) is 23.8 Å². The summed E-state index contributed by atoms with van der Waals surface area (Å²) >= 11 is 3.42. The summed E-state index contributed by atoms with van der Waals surface area (Å²) in [4.78, 5) is 36.4. The number of amides is 2. The van der Waals surface area contributed by atoms with Gasteiger partial charge in [-0.3, -0.25) is 19.7 Å². The predicted octanol–water partition coefficient (Wildman–Crippen LogP) is 5.08. The van der Waals surface area contributed by atoms with Crippen LogP contribution in [0.2, 0.25) is 0 Å². The second kappa shape index (κ2) is 10.6. The minimum absolute atomic E-state index is 0.0414. The maximum absolute atomic E-state index is 13.1. The van der Waals surface area contributed by atoms with Gasteiger partial charge in [0.15, 0.2) is 0 Å². The number of methoxy groups -OCH3 is 1. The lowest BCUT2D eigenvalue weighted by Gasteiger charge is -2.13. The number of ether oxygens (including phenoxy) is 1. The average Bonchev–Trinajstić information content (AvgIpc) is 2.81. The molecule has 9 heteroatoms. The number of anilines is 1. The minimum atomic E-state index is -0.557. The molecule has 0 saturated heterocycles. The quantitative estimate of drug-likeness (QED) is 0.262. The molecule has 0 bridgehead atoms. The maximum atomic E-state index is 13.1. The Kier molecular flexibility index (Phi) is 7.57. The molecular formula is C24H20BrN3O5. The number of hydrogen-bond donors (Lipinski definition) is 2. The summed E-state index contributed by atoms with van der Waals surface area (Å²) in [6.45, 7) is 1.89. The maximum Gasteiger partial charge on any atom is 0.272 e.